The van der Waals surface area contributed by atoms with Crippen LogP contribution in [0.4, 0.5) is 0 Å². The monoisotopic (exact) mass is 292 g/mol. The summed E-state index contributed by atoms with van der Waals surface area (Å²) in [5.74, 6) is -1.22. The zero-order valence-corrected chi connectivity index (χ0v) is 11.4. The highest BCUT2D eigenvalue weighted by Gasteiger charge is 2.34. The number of carbonyl (C=O) groups excluding carboxylic acids is 1. The normalized spacial score (nSPS) is 18.6. The molecule has 2 heterocycles. The van der Waals surface area contributed by atoms with E-state index in [0.29, 0.717) is 23.7 Å². The van der Waals surface area contributed by atoms with E-state index in [-0.39, 0.29) is 5.91 Å². The first-order valence-corrected chi connectivity index (χ1v) is 6.76. The molecule has 3 rings (SSSR count). The number of hydrogen-bond acceptors (Lipinski definition) is 2. The van der Waals surface area contributed by atoms with E-state index in [9.17, 15) is 9.59 Å². The molecule has 5 nitrogen and oxygen atoms in total. The number of nitrogens with zero attached hydrogens (tertiary/aromatic N) is 1. The fraction of sp³-hybridized carbons (Fsp3) is 0.286. The third-order valence-corrected chi connectivity index (χ3v) is 3.85. The van der Waals surface area contributed by atoms with Gasteiger partial charge in [0.25, 0.3) is 5.91 Å². The van der Waals surface area contributed by atoms with Crippen LogP contribution in [-0.2, 0) is 4.79 Å². The standard InChI is InChI=1S/C14H13ClN2O3/c15-9-4-3-8-6-11(16-10(8)7-9)13(18)17-5-1-2-12(17)14(19)20/h3-4,6-7,12,16H,1-2,5H2,(H,19,20)/t12-/m0/s1. The summed E-state index contributed by atoms with van der Waals surface area (Å²) in [6.07, 6.45) is 1.22. The van der Waals surface area contributed by atoms with Gasteiger partial charge in [0.2, 0.25) is 0 Å². The smallest absolute Gasteiger partial charge is 0.326 e. The number of carboxylic acids is 1. The molecule has 6 heteroatoms. The van der Waals surface area contributed by atoms with Crippen LogP contribution in [0, 0.1) is 0 Å². The van der Waals surface area contributed by atoms with E-state index >= 15 is 0 Å². The summed E-state index contributed by atoms with van der Waals surface area (Å²) in [5, 5.41) is 10.6. The van der Waals surface area contributed by atoms with Gasteiger partial charge in [0, 0.05) is 22.5 Å². The Balaban J connectivity index is 1.94. The number of aliphatic carboxylic acids is 1. The molecule has 0 spiro atoms. The molecule has 1 atom stereocenters. The Bertz CT molecular complexity index is 695. The van der Waals surface area contributed by atoms with Crippen molar-refractivity contribution in [1.82, 2.24) is 9.88 Å². The summed E-state index contributed by atoms with van der Waals surface area (Å²) < 4.78 is 0. The Morgan fingerprint density at radius 2 is 2.15 bits per heavy atom. The first-order valence-electron chi connectivity index (χ1n) is 6.38. The SMILES string of the molecule is O=C(O)[C@@H]1CCCN1C(=O)c1cc2ccc(Cl)cc2[nH]1. The molecule has 1 aromatic carbocycles. The molecule has 1 saturated heterocycles. The van der Waals surface area contributed by atoms with Gasteiger partial charge in [0.1, 0.15) is 11.7 Å². The number of hydrogen-bond donors (Lipinski definition) is 2. The number of fused-ring (bicyclic) bond motifs is 1. The number of likely N-dealkylation sites (tertiary alicyclic amines) is 1. The third kappa shape index (κ3) is 2.14. The second-order valence-corrected chi connectivity index (χ2v) is 5.35. The number of nitrogens with one attached hydrogen (secondary N) is 1. The summed E-state index contributed by atoms with van der Waals surface area (Å²) in [4.78, 5) is 28.0. The Morgan fingerprint density at radius 1 is 1.35 bits per heavy atom. The first kappa shape index (κ1) is 13.0. The molecule has 2 N–H and O–H groups in total. The lowest BCUT2D eigenvalue weighted by molar-refractivity contribution is -0.141. The lowest BCUT2D eigenvalue weighted by Gasteiger charge is -2.20. The molecule has 1 aliphatic heterocycles. The molecule has 0 saturated carbocycles. The second-order valence-electron chi connectivity index (χ2n) is 4.91. The molecule has 0 aliphatic carbocycles. The maximum absolute atomic E-state index is 12.4. The predicted molar refractivity (Wildman–Crippen MR) is 75.0 cm³/mol. The summed E-state index contributed by atoms with van der Waals surface area (Å²) in [6.45, 7) is 0.478. The lowest BCUT2D eigenvalue weighted by Crippen LogP contribution is -2.40. The second kappa shape index (κ2) is 4.83. The average molecular weight is 293 g/mol. The molecule has 2 aromatic rings. The van der Waals surface area contributed by atoms with Gasteiger partial charge in [-0.25, -0.2) is 4.79 Å². The quantitative estimate of drug-likeness (QED) is 0.893. The summed E-state index contributed by atoms with van der Waals surface area (Å²) in [6, 6.07) is 6.32. The summed E-state index contributed by atoms with van der Waals surface area (Å²) >= 11 is 5.91. The number of H-pyrrole nitrogens is 1. The van der Waals surface area contributed by atoms with E-state index in [1.165, 1.54) is 4.90 Å². The number of carbonyl (C=O) groups is 2. The summed E-state index contributed by atoms with van der Waals surface area (Å²) in [7, 11) is 0. The van der Waals surface area contributed by atoms with Crippen molar-refractivity contribution >= 4 is 34.4 Å². The number of halogens is 1. The van der Waals surface area contributed by atoms with Crippen LogP contribution in [0.15, 0.2) is 24.3 Å². The van der Waals surface area contributed by atoms with Crippen molar-refractivity contribution < 1.29 is 14.7 Å². The minimum atomic E-state index is -0.949. The van der Waals surface area contributed by atoms with Crippen molar-refractivity contribution in [2.24, 2.45) is 0 Å². The van der Waals surface area contributed by atoms with Crippen molar-refractivity contribution in [3.05, 3.63) is 35.0 Å². The van der Waals surface area contributed by atoms with E-state index in [4.69, 9.17) is 16.7 Å². The Morgan fingerprint density at radius 3 is 2.90 bits per heavy atom. The number of carboxylic acid groups (broad SMARTS) is 1. The van der Waals surface area contributed by atoms with E-state index < -0.39 is 12.0 Å². The largest absolute Gasteiger partial charge is 0.480 e. The van der Waals surface area contributed by atoms with Gasteiger partial charge in [0.05, 0.1) is 0 Å². The molecule has 1 aliphatic rings. The van der Waals surface area contributed by atoms with E-state index in [2.05, 4.69) is 4.98 Å². The van der Waals surface area contributed by atoms with Crippen molar-refractivity contribution in [3.63, 3.8) is 0 Å². The fourth-order valence-electron chi connectivity index (χ4n) is 2.64. The third-order valence-electron chi connectivity index (χ3n) is 3.61. The van der Waals surface area contributed by atoms with Crippen LogP contribution < -0.4 is 0 Å². The van der Waals surface area contributed by atoms with Gasteiger partial charge in [-0.15, -0.1) is 0 Å². The minimum Gasteiger partial charge on any atom is -0.480 e. The zero-order valence-electron chi connectivity index (χ0n) is 10.6. The van der Waals surface area contributed by atoms with Gasteiger partial charge in [-0.2, -0.15) is 0 Å². The molecule has 20 heavy (non-hydrogen) atoms. The van der Waals surface area contributed by atoms with Crippen molar-refractivity contribution in [3.8, 4) is 0 Å². The highest BCUT2D eigenvalue weighted by molar-refractivity contribution is 6.31. The predicted octanol–water partition coefficient (Wildman–Crippen LogP) is 2.51. The molecule has 0 bridgehead atoms. The number of aromatic nitrogens is 1. The molecule has 0 unspecified atom stereocenters. The maximum atomic E-state index is 12.4. The maximum Gasteiger partial charge on any atom is 0.326 e. The summed E-state index contributed by atoms with van der Waals surface area (Å²) in [5.41, 5.74) is 1.17. The molecular weight excluding hydrogens is 280 g/mol. The van der Waals surface area contributed by atoms with E-state index in [1.807, 2.05) is 6.07 Å². The average Bonchev–Trinajstić information content (AvgIpc) is 3.03. The first-order chi connectivity index (χ1) is 9.56. The fourth-order valence-corrected chi connectivity index (χ4v) is 2.81. The van der Waals surface area contributed by atoms with Crippen LogP contribution in [0.5, 0.6) is 0 Å². The Hall–Kier alpha value is -2.01. The van der Waals surface area contributed by atoms with Crippen LogP contribution in [0.2, 0.25) is 5.02 Å². The molecule has 0 radical (unpaired) electrons. The number of amides is 1. The van der Waals surface area contributed by atoms with Crippen LogP contribution in [-0.4, -0.2) is 39.5 Å². The van der Waals surface area contributed by atoms with Crippen LogP contribution in [0.3, 0.4) is 0 Å². The Kier molecular flexibility index (Phi) is 3.14. The molecule has 1 fully saturated rings. The zero-order chi connectivity index (χ0) is 14.3. The molecule has 104 valence electrons. The van der Waals surface area contributed by atoms with Gasteiger partial charge in [-0.3, -0.25) is 4.79 Å². The van der Waals surface area contributed by atoms with Crippen LogP contribution in [0.25, 0.3) is 10.9 Å². The minimum absolute atomic E-state index is 0.276. The van der Waals surface area contributed by atoms with E-state index in [1.54, 1.807) is 18.2 Å². The van der Waals surface area contributed by atoms with E-state index in [0.717, 1.165) is 17.3 Å². The molecular formula is C14H13ClN2O3. The van der Waals surface area contributed by atoms with Crippen LogP contribution in [0.1, 0.15) is 23.3 Å². The van der Waals surface area contributed by atoms with Crippen molar-refractivity contribution in [1.29, 1.82) is 0 Å². The van der Waals surface area contributed by atoms with Gasteiger partial charge in [-0.1, -0.05) is 17.7 Å². The number of aromatic amines is 1. The van der Waals surface area contributed by atoms with Crippen LogP contribution >= 0.6 is 11.6 Å². The Labute approximate surface area is 120 Å². The van der Waals surface area contributed by atoms with Gasteiger partial charge < -0.3 is 15.0 Å². The van der Waals surface area contributed by atoms with Gasteiger partial charge in [-0.05, 0) is 31.0 Å². The van der Waals surface area contributed by atoms with Crippen molar-refractivity contribution in [2.75, 3.05) is 6.54 Å². The van der Waals surface area contributed by atoms with Gasteiger partial charge in [0.15, 0.2) is 0 Å². The highest BCUT2D eigenvalue weighted by Crippen LogP contribution is 2.24. The van der Waals surface area contributed by atoms with Gasteiger partial charge >= 0.3 is 5.97 Å². The highest BCUT2D eigenvalue weighted by atomic mass is 35.5. The molecule has 1 amide bonds. The lowest BCUT2D eigenvalue weighted by atomic mass is 10.2. The number of benzene rings is 1. The topological polar surface area (TPSA) is 73.4 Å². The van der Waals surface area contributed by atoms with Crippen molar-refractivity contribution in [2.45, 2.75) is 18.9 Å². The molecule has 1 aromatic heterocycles. The number of rotatable bonds is 2.